The van der Waals surface area contributed by atoms with E-state index in [1.54, 1.807) is 24.3 Å². The first kappa shape index (κ1) is 24.7. The minimum atomic E-state index is -0.611. The maximum absolute atomic E-state index is 13.0. The van der Waals surface area contributed by atoms with Crippen LogP contribution in [0.4, 0.5) is 0 Å². The monoisotopic (exact) mass is 506 g/mol. The fourth-order valence-corrected chi connectivity index (χ4v) is 4.59. The number of nitrogens with zero attached hydrogens (tertiary/aromatic N) is 1. The zero-order valence-corrected chi connectivity index (χ0v) is 21.1. The predicted octanol–water partition coefficient (Wildman–Crippen LogP) is 6.31. The molecule has 2 N–H and O–H groups in total. The van der Waals surface area contributed by atoms with Crippen LogP contribution >= 0.6 is 0 Å². The number of rotatable bonds is 7. The fourth-order valence-electron chi connectivity index (χ4n) is 4.59. The van der Waals surface area contributed by atoms with E-state index in [2.05, 4.69) is 19.6 Å². The van der Waals surface area contributed by atoms with Crippen LogP contribution in [0.25, 0.3) is 11.0 Å². The van der Waals surface area contributed by atoms with E-state index in [4.69, 9.17) is 24.4 Å². The highest BCUT2D eigenvalue weighted by Crippen LogP contribution is 2.43. The second-order valence-corrected chi connectivity index (χ2v) is 8.92. The molecule has 0 radical (unpaired) electrons. The number of hydrogen-bond acceptors (Lipinski definition) is 7. The lowest BCUT2D eigenvalue weighted by atomic mass is 9.83. The van der Waals surface area contributed by atoms with Crippen molar-refractivity contribution < 1.29 is 23.4 Å². The highest BCUT2D eigenvalue weighted by molar-refractivity contribution is 5.97. The number of benzene rings is 3. The third-order valence-corrected chi connectivity index (χ3v) is 6.58. The number of allylic oxidation sites excluding steroid dienone is 1. The predicted molar refractivity (Wildman–Crippen MR) is 143 cm³/mol. The van der Waals surface area contributed by atoms with Gasteiger partial charge in [-0.05, 0) is 54.8 Å². The minimum Gasteiger partial charge on any atom is -0.490 e. The van der Waals surface area contributed by atoms with E-state index in [1.807, 2.05) is 49.4 Å². The molecule has 0 saturated heterocycles. The van der Waals surface area contributed by atoms with Crippen LogP contribution in [0.1, 0.15) is 45.7 Å². The molecule has 5 rings (SSSR count). The van der Waals surface area contributed by atoms with Gasteiger partial charge in [0.2, 0.25) is 11.6 Å². The summed E-state index contributed by atoms with van der Waals surface area (Å²) in [6.45, 7) is 7.96. The molecule has 0 amide bonds. The van der Waals surface area contributed by atoms with Gasteiger partial charge in [0.25, 0.3) is 0 Å². The molecule has 7 heteroatoms. The summed E-state index contributed by atoms with van der Waals surface area (Å²) < 4.78 is 22.8. The summed E-state index contributed by atoms with van der Waals surface area (Å²) >= 11 is 0. The third-order valence-electron chi connectivity index (χ3n) is 6.58. The molecule has 1 atom stereocenters. The molecule has 1 unspecified atom stereocenters. The van der Waals surface area contributed by atoms with Crippen molar-refractivity contribution >= 4 is 16.9 Å². The number of carbonyl (C=O) groups excluding carboxylic acids is 1. The maximum Gasteiger partial charge on any atom is 0.379 e. The number of nitriles is 1. The molecule has 38 heavy (non-hydrogen) atoms. The first-order chi connectivity index (χ1) is 18.4. The van der Waals surface area contributed by atoms with Crippen molar-refractivity contribution in [3.63, 3.8) is 0 Å². The van der Waals surface area contributed by atoms with Crippen molar-refractivity contribution in [1.82, 2.24) is 0 Å². The molecule has 0 bridgehead atoms. The minimum absolute atomic E-state index is 0.000294. The summed E-state index contributed by atoms with van der Waals surface area (Å²) in [5, 5.41) is 10.7. The Morgan fingerprint density at radius 2 is 1.89 bits per heavy atom. The summed E-state index contributed by atoms with van der Waals surface area (Å²) in [6, 6.07) is 20.5. The molecule has 0 saturated carbocycles. The molecule has 1 aliphatic rings. The molecular weight excluding hydrogens is 480 g/mol. The fraction of sp³-hybridized carbons (Fsp3) is 0.161. The van der Waals surface area contributed by atoms with E-state index in [9.17, 15) is 10.1 Å². The van der Waals surface area contributed by atoms with Gasteiger partial charge in [-0.1, -0.05) is 43.8 Å². The lowest BCUT2D eigenvalue weighted by Crippen LogP contribution is -2.21. The normalized spacial score (nSPS) is 14.4. The highest BCUT2D eigenvalue weighted by atomic mass is 16.5. The number of aryl methyl sites for hydroxylation is 2. The van der Waals surface area contributed by atoms with Gasteiger partial charge in [0.05, 0.1) is 5.92 Å². The van der Waals surface area contributed by atoms with Gasteiger partial charge in [-0.25, -0.2) is 4.79 Å². The molecule has 0 spiro atoms. The largest absolute Gasteiger partial charge is 0.490 e. The van der Waals surface area contributed by atoms with Crippen LogP contribution in [0.3, 0.4) is 0 Å². The lowest BCUT2D eigenvalue weighted by molar-refractivity contribution is 0.0702. The van der Waals surface area contributed by atoms with E-state index in [-0.39, 0.29) is 17.4 Å². The number of esters is 1. The topological polar surface area (TPSA) is 108 Å². The van der Waals surface area contributed by atoms with Gasteiger partial charge in [0.1, 0.15) is 41.1 Å². The zero-order chi connectivity index (χ0) is 26.8. The smallest absolute Gasteiger partial charge is 0.379 e. The van der Waals surface area contributed by atoms with Crippen LogP contribution in [-0.2, 0) is 6.42 Å². The van der Waals surface area contributed by atoms with Crippen molar-refractivity contribution in [3.05, 3.63) is 113 Å². The third kappa shape index (κ3) is 4.48. The molecule has 4 aromatic rings. The Labute approximate surface area is 220 Å². The number of ether oxygens (including phenoxy) is 3. The zero-order valence-electron chi connectivity index (χ0n) is 21.1. The number of furan rings is 1. The first-order valence-corrected chi connectivity index (χ1v) is 12.2. The first-order valence-electron chi connectivity index (χ1n) is 12.2. The average Bonchev–Trinajstić information content (AvgIpc) is 3.27. The summed E-state index contributed by atoms with van der Waals surface area (Å²) in [7, 11) is 0. The van der Waals surface area contributed by atoms with Crippen LogP contribution in [0.5, 0.6) is 17.2 Å². The van der Waals surface area contributed by atoms with Gasteiger partial charge in [-0.2, -0.15) is 5.26 Å². The van der Waals surface area contributed by atoms with Crippen molar-refractivity contribution in [2.45, 2.75) is 26.2 Å². The van der Waals surface area contributed by atoms with Gasteiger partial charge in [0, 0.05) is 22.6 Å². The van der Waals surface area contributed by atoms with E-state index < -0.39 is 11.9 Å². The molecule has 0 fully saturated rings. The number of nitrogens with two attached hydrogens (primary N) is 1. The van der Waals surface area contributed by atoms with Crippen LogP contribution in [-0.4, -0.2) is 12.6 Å². The van der Waals surface area contributed by atoms with Crippen LogP contribution in [0.2, 0.25) is 0 Å². The van der Waals surface area contributed by atoms with Gasteiger partial charge < -0.3 is 24.4 Å². The Balaban J connectivity index is 1.44. The summed E-state index contributed by atoms with van der Waals surface area (Å²) in [5.74, 6) is 0.439. The Morgan fingerprint density at radius 3 is 2.61 bits per heavy atom. The van der Waals surface area contributed by atoms with Gasteiger partial charge in [0.15, 0.2) is 0 Å². The van der Waals surface area contributed by atoms with E-state index in [0.717, 1.165) is 34.1 Å². The lowest BCUT2D eigenvalue weighted by Gasteiger charge is -2.26. The van der Waals surface area contributed by atoms with Gasteiger partial charge in [-0.15, -0.1) is 0 Å². The Bertz CT molecular complexity index is 1620. The molecule has 1 aliphatic heterocycles. The van der Waals surface area contributed by atoms with E-state index in [1.165, 1.54) is 0 Å². The Kier molecular flexibility index (Phi) is 6.63. The molecule has 2 heterocycles. The van der Waals surface area contributed by atoms with Crippen molar-refractivity contribution in [1.29, 1.82) is 5.26 Å². The van der Waals surface area contributed by atoms with E-state index in [0.29, 0.717) is 29.3 Å². The van der Waals surface area contributed by atoms with Crippen molar-refractivity contribution in [3.8, 4) is 23.3 Å². The summed E-state index contributed by atoms with van der Waals surface area (Å²) in [6.07, 6.45) is 2.55. The standard InChI is InChI=1S/C31H26N2O5/c1-4-14-35-21-9-7-20(8-10-21)28-23-12-11-22(16-27(23)38-30(33)25(28)17-32)36-31(34)29-18(3)24-15-19(5-2)6-13-26(24)37-29/h4,6-13,15-16,28H,1,5,14,33H2,2-3H3. The van der Waals surface area contributed by atoms with Crippen molar-refractivity contribution in [2.24, 2.45) is 5.73 Å². The highest BCUT2D eigenvalue weighted by Gasteiger charge is 2.31. The average molecular weight is 507 g/mol. The number of hydrogen-bond donors (Lipinski definition) is 1. The second-order valence-electron chi connectivity index (χ2n) is 8.92. The Hall–Kier alpha value is -4.96. The second kappa shape index (κ2) is 10.2. The molecular formula is C31H26N2O5. The molecule has 1 aromatic heterocycles. The Morgan fingerprint density at radius 1 is 1.13 bits per heavy atom. The van der Waals surface area contributed by atoms with Crippen LogP contribution < -0.4 is 19.9 Å². The van der Waals surface area contributed by atoms with Crippen molar-refractivity contribution in [2.75, 3.05) is 6.61 Å². The van der Waals surface area contributed by atoms with Gasteiger partial charge >= 0.3 is 5.97 Å². The maximum atomic E-state index is 13.0. The van der Waals surface area contributed by atoms with Crippen LogP contribution in [0, 0.1) is 18.3 Å². The molecule has 190 valence electrons. The molecule has 7 nitrogen and oxygen atoms in total. The summed E-state index contributed by atoms with van der Waals surface area (Å²) in [5.41, 5.74) is 10.5. The van der Waals surface area contributed by atoms with E-state index >= 15 is 0 Å². The number of carbonyl (C=O) groups is 1. The number of fused-ring (bicyclic) bond motifs is 2. The SMILES string of the molecule is C=CCOc1ccc(C2C(C#N)=C(N)Oc3cc(OC(=O)c4oc5ccc(CC)cc5c4C)ccc32)cc1. The van der Waals surface area contributed by atoms with Crippen LogP contribution in [0.15, 0.2) is 89.2 Å². The molecule has 0 aliphatic carbocycles. The summed E-state index contributed by atoms with van der Waals surface area (Å²) in [4.78, 5) is 13.0. The quantitative estimate of drug-likeness (QED) is 0.178. The molecule has 3 aromatic carbocycles. The van der Waals surface area contributed by atoms with Gasteiger partial charge in [-0.3, -0.25) is 0 Å².